The van der Waals surface area contributed by atoms with Crippen LogP contribution in [0.25, 0.3) is 0 Å². The molecule has 0 radical (unpaired) electrons. The largest absolute Gasteiger partial charge is 0.481 e. The summed E-state index contributed by atoms with van der Waals surface area (Å²) in [6.07, 6.45) is 2.66. The molecule has 3 N–H and O–H groups in total. The van der Waals surface area contributed by atoms with Crippen LogP contribution in [0.5, 0.6) is 0 Å². The van der Waals surface area contributed by atoms with E-state index in [1.807, 2.05) is 20.8 Å². The van der Waals surface area contributed by atoms with E-state index < -0.39 is 11.9 Å². The lowest BCUT2D eigenvalue weighted by atomic mass is 9.84. The Labute approximate surface area is 115 Å². The first-order valence-electron chi connectivity index (χ1n) is 7.00. The molecule has 1 fully saturated rings. The summed E-state index contributed by atoms with van der Waals surface area (Å²) < 4.78 is 0. The highest BCUT2D eigenvalue weighted by Gasteiger charge is 2.36. The van der Waals surface area contributed by atoms with Crippen LogP contribution in [0.1, 0.15) is 47.0 Å². The highest BCUT2D eigenvalue weighted by Crippen LogP contribution is 2.32. The van der Waals surface area contributed by atoms with Gasteiger partial charge in [-0.2, -0.15) is 0 Å². The Balaban J connectivity index is 2.31. The van der Waals surface area contributed by atoms with E-state index in [2.05, 4.69) is 17.6 Å². The van der Waals surface area contributed by atoms with Gasteiger partial charge in [-0.1, -0.05) is 34.1 Å². The molecule has 0 saturated heterocycles. The van der Waals surface area contributed by atoms with Crippen molar-refractivity contribution in [2.75, 3.05) is 6.54 Å². The van der Waals surface area contributed by atoms with Crippen molar-refractivity contribution in [3.63, 3.8) is 0 Å². The number of aliphatic carboxylic acids is 1. The molecule has 0 aromatic rings. The van der Waals surface area contributed by atoms with Crippen molar-refractivity contribution in [3.8, 4) is 0 Å². The SMILES string of the molecule is CCC1CC1NC(=O)NCC(CC(C)(C)C)C(=O)O. The number of carbonyl (C=O) groups is 2. The monoisotopic (exact) mass is 270 g/mol. The molecule has 0 heterocycles. The summed E-state index contributed by atoms with van der Waals surface area (Å²) in [5.41, 5.74) is -0.0645. The Kier molecular flexibility index (Phi) is 5.20. The van der Waals surface area contributed by atoms with Crippen LogP contribution in [0, 0.1) is 17.3 Å². The average Bonchev–Trinajstić information content (AvgIpc) is 3.00. The van der Waals surface area contributed by atoms with E-state index >= 15 is 0 Å². The molecule has 3 unspecified atom stereocenters. The zero-order valence-electron chi connectivity index (χ0n) is 12.3. The molecule has 2 amide bonds. The third-order valence-electron chi connectivity index (χ3n) is 3.48. The Morgan fingerprint density at radius 2 is 2.00 bits per heavy atom. The minimum atomic E-state index is -0.854. The van der Waals surface area contributed by atoms with Gasteiger partial charge < -0.3 is 15.7 Å². The van der Waals surface area contributed by atoms with Gasteiger partial charge in [0.25, 0.3) is 0 Å². The standard InChI is InChI=1S/C14H26N2O3/c1-5-9-6-11(9)16-13(19)15-8-10(12(17)18)7-14(2,3)4/h9-11H,5-8H2,1-4H3,(H,17,18)(H2,15,16,19). The number of carbonyl (C=O) groups excluding carboxylic acids is 1. The predicted octanol–water partition coefficient (Wildman–Crippen LogP) is 2.22. The van der Waals surface area contributed by atoms with E-state index in [-0.39, 0.29) is 24.0 Å². The van der Waals surface area contributed by atoms with Crippen molar-refractivity contribution < 1.29 is 14.7 Å². The van der Waals surface area contributed by atoms with Gasteiger partial charge in [0.2, 0.25) is 0 Å². The number of rotatable bonds is 6. The van der Waals surface area contributed by atoms with E-state index in [1.165, 1.54) is 0 Å². The third-order valence-corrected chi connectivity index (χ3v) is 3.48. The molecular weight excluding hydrogens is 244 g/mol. The zero-order chi connectivity index (χ0) is 14.6. The van der Waals surface area contributed by atoms with Crippen LogP contribution in [0.4, 0.5) is 4.79 Å². The van der Waals surface area contributed by atoms with Crippen LogP contribution in [0.15, 0.2) is 0 Å². The van der Waals surface area contributed by atoms with E-state index in [0.29, 0.717) is 12.3 Å². The molecule has 1 aliphatic carbocycles. The van der Waals surface area contributed by atoms with E-state index in [0.717, 1.165) is 12.8 Å². The smallest absolute Gasteiger partial charge is 0.315 e. The van der Waals surface area contributed by atoms with Gasteiger partial charge in [0.15, 0.2) is 0 Å². The lowest BCUT2D eigenvalue weighted by Crippen LogP contribution is -2.42. The second-order valence-electron chi connectivity index (χ2n) is 6.66. The fourth-order valence-electron chi connectivity index (χ4n) is 2.30. The summed E-state index contributed by atoms with van der Waals surface area (Å²) in [5.74, 6) is -0.796. The van der Waals surface area contributed by atoms with E-state index in [1.54, 1.807) is 0 Å². The number of hydrogen-bond acceptors (Lipinski definition) is 2. The average molecular weight is 270 g/mol. The normalized spacial score (nSPS) is 23.6. The topological polar surface area (TPSA) is 78.4 Å². The molecule has 0 aromatic heterocycles. The Morgan fingerprint density at radius 3 is 2.42 bits per heavy atom. The summed E-state index contributed by atoms with van der Waals surface area (Å²) in [6, 6.07) is 0.0250. The van der Waals surface area contributed by atoms with Crippen LogP contribution in [-0.2, 0) is 4.79 Å². The fraction of sp³-hybridized carbons (Fsp3) is 0.857. The minimum absolute atomic E-state index is 0.0645. The number of carboxylic acid groups (broad SMARTS) is 1. The summed E-state index contributed by atoms with van der Waals surface area (Å²) in [4.78, 5) is 22.8. The number of nitrogens with one attached hydrogen (secondary N) is 2. The van der Waals surface area contributed by atoms with Crippen LogP contribution in [-0.4, -0.2) is 29.7 Å². The molecule has 0 aromatic carbocycles. The molecule has 1 aliphatic rings. The van der Waals surface area contributed by atoms with Gasteiger partial charge in [0, 0.05) is 12.6 Å². The Hall–Kier alpha value is -1.26. The summed E-state index contributed by atoms with van der Waals surface area (Å²) in [6.45, 7) is 8.28. The third kappa shape index (κ3) is 5.94. The van der Waals surface area contributed by atoms with E-state index in [4.69, 9.17) is 5.11 Å². The van der Waals surface area contributed by atoms with Gasteiger partial charge in [-0.3, -0.25) is 4.79 Å². The van der Waals surface area contributed by atoms with Crippen LogP contribution >= 0.6 is 0 Å². The number of hydrogen-bond donors (Lipinski definition) is 3. The van der Waals surface area contributed by atoms with Crippen molar-refractivity contribution in [3.05, 3.63) is 0 Å². The lowest BCUT2D eigenvalue weighted by molar-refractivity contribution is -0.142. The van der Waals surface area contributed by atoms with Gasteiger partial charge in [-0.05, 0) is 24.2 Å². The molecule has 1 rings (SSSR count). The van der Waals surface area contributed by atoms with E-state index in [9.17, 15) is 9.59 Å². The summed E-state index contributed by atoms with van der Waals surface area (Å²) in [7, 11) is 0. The van der Waals surface area contributed by atoms with Gasteiger partial charge >= 0.3 is 12.0 Å². The van der Waals surface area contributed by atoms with Crippen molar-refractivity contribution >= 4 is 12.0 Å². The molecule has 19 heavy (non-hydrogen) atoms. The first-order chi connectivity index (χ1) is 8.73. The molecule has 0 aliphatic heterocycles. The maximum atomic E-state index is 11.6. The molecule has 110 valence electrons. The maximum absolute atomic E-state index is 11.6. The molecule has 0 bridgehead atoms. The van der Waals surface area contributed by atoms with Crippen LogP contribution < -0.4 is 10.6 Å². The van der Waals surface area contributed by atoms with Gasteiger partial charge in [-0.15, -0.1) is 0 Å². The van der Waals surface area contributed by atoms with Crippen LogP contribution in [0.3, 0.4) is 0 Å². The lowest BCUT2D eigenvalue weighted by Gasteiger charge is -2.23. The number of urea groups is 1. The van der Waals surface area contributed by atoms with Crippen molar-refractivity contribution in [2.24, 2.45) is 17.3 Å². The molecular formula is C14H26N2O3. The van der Waals surface area contributed by atoms with Crippen LogP contribution in [0.2, 0.25) is 0 Å². The van der Waals surface area contributed by atoms with Crippen molar-refractivity contribution in [1.29, 1.82) is 0 Å². The fourth-order valence-corrected chi connectivity index (χ4v) is 2.30. The Morgan fingerprint density at radius 1 is 1.37 bits per heavy atom. The van der Waals surface area contributed by atoms with Gasteiger partial charge in [0.1, 0.15) is 0 Å². The Bertz CT molecular complexity index is 336. The van der Waals surface area contributed by atoms with Gasteiger partial charge in [-0.25, -0.2) is 4.79 Å². The second-order valence-corrected chi connectivity index (χ2v) is 6.66. The quantitative estimate of drug-likeness (QED) is 0.692. The number of carboxylic acids is 1. The molecule has 0 spiro atoms. The minimum Gasteiger partial charge on any atom is -0.481 e. The number of amides is 2. The zero-order valence-corrected chi connectivity index (χ0v) is 12.3. The van der Waals surface area contributed by atoms with Crippen molar-refractivity contribution in [2.45, 2.75) is 53.0 Å². The molecule has 1 saturated carbocycles. The summed E-state index contributed by atoms with van der Waals surface area (Å²) in [5, 5.41) is 14.7. The molecule has 5 heteroatoms. The summed E-state index contributed by atoms with van der Waals surface area (Å²) >= 11 is 0. The highest BCUT2D eigenvalue weighted by atomic mass is 16.4. The second kappa shape index (κ2) is 6.26. The maximum Gasteiger partial charge on any atom is 0.315 e. The predicted molar refractivity (Wildman–Crippen MR) is 73.9 cm³/mol. The molecule has 3 atom stereocenters. The first-order valence-corrected chi connectivity index (χ1v) is 7.00. The van der Waals surface area contributed by atoms with Crippen molar-refractivity contribution in [1.82, 2.24) is 10.6 Å². The van der Waals surface area contributed by atoms with Gasteiger partial charge in [0.05, 0.1) is 5.92 Å². The first kappa shape index (κ1) is 15.8. The highest BCUT2D eigenvalue weighted by molar-refractivity contribution is 5.76. The molecule has 5 nitrogen and oxygen atoms in total.